The zero-order valence-corrected chi connectivity index (χ0v) is 15.6. The topological polar surface area (TPSA) is 118 Å². The molecule has 0 saturated heterocycles. The standard InChI is InChI=1S/C20H15F3N2O6/c21-20(22,23)13-7-3-1-5-11(13)10-31-25-14-8-4-2-6-12(14)17(28)16(19(25)30)18(29)24-9-15(26)27/h1-8,28H,9-10H2,(H,24,29)(H,26,27). The monoisotopic (exact) mass is 436 g/mol. The van der Waals surface area contributed by atoms with E-state index in [4.69, 9.17) is 9.94 Å². The molecule has 11 heteroatoms. The SMILES string of the molecule is O=C(O)CNC(=O)c1c(O)c2ccccc2n(OCc2ccccc2C(F)(F)F)c1=O. The van der Waals surface area contributed by atoms with Gasteiger partial charge in [0.1, 0.15) is 18.9 Å². The molecule has 0 aliphatic heterocycles. The summed E-state index contributed by atoms with van der Waals surface area (Å²) in [5.74, 6) is -3.27. The summed E-state index contributed by atoms with van der Waals surface area (Å²) in [5.41, 5.74) is -3.17. The maximum atomic E-state index is 13.2. The van der Waals surface area contributed by atoms with Gasteiger partial charge in [-0.2, -0.15) is 13.2 Å². The Bertz CT molecular complexity index is 1220. The van der Waals surface area contributed by atoms with Gasteiger partial charge < -0.3 is 20.4 Å². The number of aliphatic carboxylic acids is 1. The minimum Gasteiger partial charge on any atom is -0.506 e. The van der Waals surface area contributed by atoms with E-state index in [1.54, 1.807) is 0 Å². The lowest BCUT2D eigenvalue weighted by Crippen LogP contribution is -2.37. The summed E-state index contributed by atoms with van der Waals surface area (Å²) in [6.45, 7) is -1.48. The quantitative estimate of drug-likeness (QED) is 0.545. The molecule has 1 aromatic heterocycles. The molecule has 0 aliphatic carbocycles. The molecule has 1 heterocycles. The molecule has 0 atom stereocenters. The van der Waals surface area contributed by atoms with Crippen molar-refractivity contribution in [1.29, 1.82) is 0 Å². The van der Waals surface area contributed by atoms with E-state index in [1.807, 2.05) is 5.32 Å². The smallest absolute Gasteiger partial charge is 0.416 e. The van der Waals surface area contributed by atoms with Crippen molar-refractivity contribution in [2.75, 3.05) is 6.54 Å². The normalized spacial score (nSPS) is 11.3. The number of carboxylic acids is 1. The fraction of sp³-hybridized carbons (Fsp3) is 0.150. The third kappa shape index (κ3) is 4.44. The first kappa shape index (κ1) is 21.7. The lowest BCUT2D eigenvalue weighted by molar-refractivity contribution is -0.139. The largest absolute Gasteiger partial charge is 0.506 e. The van der Waals surface area contributed by atoms with Crippen LogP contribution in [0.4, 0.5) is 13.2 Å². The van der Waals surface area contributed by atoms with Crippen LogP contribution >= 0.6 is 0 Å². The first-order valence-corrected chi connectivity index (χ1v) is 8.76. The van der Waals surface area contributed by atoms with Gasteiger partial charge >= 0.3 is 12.1 Å². The highest BCUT2D eigenvalue weighted by Gasteiger charge is 2.33. The van der Waals surface area contributed by atoms with E-state index < -0.39 is 53.6 Å². The molecule has 1 amide bonds. The molecule has 2 aromatic carbocycles. The van der Waals surface area contributed by atoms with Crippen molar-refractivity contribution < 1.29 is 37.8 Å². The van der Waals surface area contributed by atoms with Gasteiger partial charge in [-0.3, -0.25) is 14.4 Å². The van der Waals surface area contributed by atoms with Crippen molar-refractivity contribution in [3.8, 4) is 5.75 Å². The van der Waals surface area contributed by atoms with Crippen molar-refractivity contribution in [2.24, 2.45) is 0 Å². The molecule has 3 aromatic rings. The number of amides is 1. The summed E-state index contributed by atoms with van der Waals surface area (Å²) in [7, 11) is 0. The number of hydrogen-bond acceptors (Lipinski definition) is 5. The van der Waals surface area contributed by atoms with Gasteiger partial charge in [-0.1, -0.05) is 30.3 Å². The minimum absolute atomic E-state index is 0.00396. The number of halogens is 3. The Morgan fingerprint density at radius 2 is 1.71 bits per heavy atom. The van der Waals surface area contributed by atoms with E-state index in [0.717, 1.165) is 6.07 Å². The van der Waals surface area contributed by atoms with Gasteiger partial charge in [0.15, 0.2) is 5.56 Å². The lowest BCUT2D eigenvalue weighted by atomic mass is 10.1. The zero-order valence-electron chi connectivity index (χ0n) is 15.6. The van der Waals surface area contributed by atoms with Crippen LogP contribution in [0.15, 0.2) is 53.3 Å². The van der Waals surface area contributed by atoms with Crippen molar-refractivity contribution in [3.63, 3.8) is 0 Å². The Morgan fingerprint density at radius 1 is 1.06 bits per heavy atom. The summed E-state index contributed by atoms with van der Waals surface area (Å²) in [4.78, 5) is 41.2. The number of alkyl halides is 3. The fourth-order valence-electron chi connectivity index (χ4n) is 2.93. The van der Waals surface area contributed by atoms with Crippen LogP contribution in [0.5, 0.6) is 5.75 Å². The maximum absolute atomic E-state index is 13.2. The van der Waals surface area contributed by atoms with Crippen LogP contribution in [0.25, 0.3) is 10.9 Å². The molecule has 8 nitrogen and oxygen atoms in total. The predicted octanol–water partition coefficient (Wildman–Crippen LogP) is 2.17. The van der Waals surface area contributed by atoms with Crippen molar-refractivity contribution in [2.45, 2.75) is 12.8 Å². The van der Waals surface area contributed by atoms with Crippen molar-refractivity contribution in [3.05, 3.63) is 75.6 Å². The van der Waals surface area contributed by atoms with Crippen LogP contribution in [0.3, 0.4) is 0 Å². The number of carbonyl (C=O) groups excluding carboxylic acids is 1. The van der Waals surface area contributed by atoms with Gasteiger partial charge in [0, 0.05) is 10.9 Å². The van der Waals surface area contributed by atoms with Crippen molar-refractivity contribution >= 4 is 22.8 Å². The molecular weight excluding hydrogens is 421 g/mol. The van der Waals surface area contributed by atoms with E-state index >= 15 is 0 Å². The van der Waals surface area contributed by atoms with E-state index in [9.17, 15) is 32.7 Å². The minimum atomic E-state index is -4.65. The van der Waals surface area contributed by atoms with E-state index in [1.165, 1.54) is 42.5 Å². The molecule has 0 saturated carbocycles. The number of carboxylic acid groups (broad SMARTS) is 1. The maximum Gasteiger partial charge on any atom is 0.416 e. The van der Waals surface area contributed by atoms with E-state index in [-0.39, 0.29) is 16.5 Å². The Balaban J connectivity index is 2.08. The van der Waals surface area contributed by atoms with E-state index in [2.05, 4.69) is 0 Å². The number of para-hydroxylation sites is 1. The number of pyridine rings is 1. The van der Waals surface area contributed by atoms with Crippen LogP contribution in [0, 0.1) is 0 Å². The van der Waals surface area contributed by atoms with Crippen LogP contribution in [0.1, 0.15) is 21.5 Å². The van der Waals surface area contributed by atoms with Gasteiger partial charge in [-0.15, -0.1) is 4.73 Å². The third-order valence-corrected chi connectivity index (χ3v) is 4.31. The van der Waals surface area contributed by atoms with Gasteiger partial charge in [0.2, 0.25) is 0 Å². The number of aromatic hydroxyl groups is 1. The van der Waals surface area contributed by atoms with Crippen LogP contribution in [0.2, 0.25) is 0 Å². The molecule has 0 radical (unpaired) electrons. The van der Waals surface area contributed by atoms with Gasteiger partial charge in [-0.25, -0.2) is 0 Å². The lowest BCUT2D eigenvalue weighted by Gasteiger charge is -2.17. The molecule has 3 N–H and O–H groups in total. The third-order valence-electron chi connectivity index (χ3n) is 4.31. The Kier molecular flexibility index (Phi) is 5.86. The molecule has 0 unspecified atom stereocenters. The predicted molar refractivity (Wildman–Crippen MR) is 102 cm³/mol. The first-order chi connectivity index (χ1) is 14.6. The molecule has 0 bridgehead atoms. The molecule has 31 heavy (non-hydrogen) atoms. The number of rotatable bonds is 6. The highest BCUT2D eigenvalue weighted by molar-refractivity contribution is 6.02. The molecule has 0 fully saturated rings. The molecule has 162 valence electrons. The summed E-state index contributed by atoms with van der Waals surface area (Å²) in [6.07, 6.45) is -4.65. The second kappa shape index (κ2) is 8.38. The number of benzene rings is 2. The Morgan fingerprint density at radius 3 is 2.39 bits per heavy atom. The van der Waals surface area contributed by atoms with Crippen LogP contribution < -0.4 is 15.7 Å². The summed E-state index contributed by atoms with van der Waals surface area (Å²) < 4.78 is 40.3. The van der Waals surface area contributed by atoms with Gasteiger partial charge in [-0.05, 0) is 18.2 Å². The Hall–Kier alpha value is -4.02. The summed E-state index contributed by atoms with van der Waals surface area (Å²) >= 11 is 0. The van der Waals surface area contributed by atoms with Crippen molar-refractivity contribution in [1.82, 2.24) is 10.0 Å². The number of carbonyl (C=O) groups is 2. The number of nitrogens with zero attached hydrogens (tertiary/aromatic N) is 1. The number of hydrogen-bond donors (Lipinski definition) is 3. The highest BCUT2D eigenvalue weighted by Crippen LogP contribution is 2.32. The summed E-state index contributed by atoms with van der Waals surface area (Å²) in [5, 5.41) is 21.1. The first-order valence-electron chi connectivity index (χ1n) is 8.76. The second-order valence-electron chi connectivity index (χ2n) is 6.35. The average molecular weight is 436 g/mol. The van der Waals surface area contributed by atoms with Crippen LogP contribution in [-0.2, 0) is 17.6 Å². The molecular formula is C20H15F3N2O6. The highest BCUT2D eigenvalue weighted by atomic mass is 19.4. The molecule has 0 spiro atoms. The van der Waals surface area contributed by atoms with E-state index in [0.29, 0.717) is 4.73 Å². The van der Waals surface area contributed by atoms with Crippen LogP contribution in [-0.4, -0.2) is 33.4 Å². The Labute approximate surface area is 172 Å². The van der Waals surface area contributed by atoms with Gasteiger partial charge in [0.25, 0.3) is 11.5 Å². The zero-order chi connectivity index (χ0) is 22.8. The van der Waals surface area contributed by atoms with Gasteiger partial charge in [0.05, 0.1) is 11.1 Å². The average Bonchev–Trinajstić information content (AvgIpc) is 2.72. The molecule has 3 rings (SSSR count). The number of nitrogens with one attached hydrogen (secondary N) is 1. The second-order valence-corrected chi connectivity index (χ2v) is 6.35. The number of fused-ring (bicyclic) bond motifs is 1. The summed E-state index contributed by atoms with van der Waals surface area (Å²) in [6, 6.07) is 10.3. The number of aromatic nitrogens is 1. The molecule has 0 aliphatic rings. The fourth-order valence-corrected chi connectivity index (χ4v) is 2.93.